The Kier molecular flexibility index (Phi) is 4.96. The number of aliphatic carboxylic acids is 1. The van der Waals surface area contributed by atoms with Crippen LogP contribution in [-0.4, -0.2) is 41.0 Å². The molecule has 1 aliphatic rings. The van der Waals surface area contributed by atoms with Crippen LogP contribution in [-0.2, 0) is 9.59 Å². The lowest BCUT2D eigenvalue weighted by atomic mass is 10.0. The predicted molar refractivity (Wildman–Crippen MR) is 81.4 cm³/mol. The molecule has 0 aromatic heterocycles. The SMILES string of the molecule is CC(C)c1ccc(NC(=O)CN2CCC[C@H]2C(=O)O)cc1. The van der Waals surface area contributed by atoms with Gasteiger partial charge in [-0.25, -0.2) is 0 Å². The fourth-order valence-corrected chi connectivity index (χ4v) is 2.63. The molecular formula is C16H22N2O3. The lowest BCUT2D eigenvalue weighted by molar-refractivity contribution is -0.142. The van der Waals surface area contributed by atoms with Crippen LogP contribution in [0.2, 0.25) is 0 Å². The molecule has 114 valence electrons. The second-order valence-electron chi connectivity index (χ2n) is 5.79. The topological polar surface area (TPSA) is 69.6 Å². The molecule has 1 aromatic rings. The molecular weight excluding hydrogens is 268 g/mol. The van der Waals surface area contributed by atoms with Gasteiger partial charge in [0.25, 0.3) is 0 Å². The molecule has 1 fully saturated rings. The summed E-state index contributed by atoms with van der Waals surface area (Å²) in [7, 11) is 0. The Hall–Kier alpha value is -1.88. The highest BCUT2D eigenvalue weighted by atomic mass is 16.4. The third-order valence-electron chi connectivity index (χ3n) is 3.86. The number of anilines is 1. The largest absolute Gasteiger partial charge is 0.480 e. The highest BCUT2D eigenvalue weighted by Crippen LogP contribution is 2.19. The van der Waals surface area contributed by atoms with Crippen LogP contribution in [0.5, 0.6) is 0 Å². The summed E-state index contributed by atoms with van der Waals surface area (Å²) in [4.78, 5) is 24.8. The van der Waals surface area contributed by atoms with Crippen molar-refractivity contribution in [1.29, 1.82) is 0 Å². The Labute approximate surface area is 125 Å². The first-order chi connectivity index (χ1) is 9.97. The van der Waals surface area contributed by atoms with Gasteiger partial charge in [0, 0.05) is 5.69 Å². The maximum Gasteiger partial charge on any atom is 0.320 e. The van der Waals surface area contributed by atoms with Gasteiger partial charge in [0.05, 0.1) is 6.54 Å². The van der Waals surface area contributed by atoms with Crippen LogP contribution in [0.25, 0.3) is 0 Å². The fraction of sp³-hybridized carbons (Fsp3) is 0.500. The average molecular weight is 290 g/mol. The summed E-state index contributed by atoms with van der Waals surface area (Å²) in [5.41, 5.74) is 1.97. The number of nitrogens with zero attached hydrogens (tertiary/aromatic N) is 1. The second-order valence-corrected chi connectivity index (χ2v) is 5.79. The summed E-state index contributed by atoms with van der Waals surface area (Å²) in [5, 5.41) is 11.9. The normalized spacial score (nSPS) is 18.9. The van der Waals surface area contributed by atoms with Gasteiger partial charge < -0.3 is 10.4 Å². The van der Waals surface area contributed by atoms with Gasteiger partial charge in [0.2, 0.25) is 5.91 Å². The van der Waals surface area contributed by atoms with Crippen LogP contribution >= 0.6 is 0 Å². The zero-order chi connectivity index (χ0) is 15.4. The van der Waals surface area contributed by atoms with Gasteiger partial charge in [0.1, 0.15) is 6.04 Å². The molecule has 1 atom stereocenters. The minimum Gasteiger partial charge on any atom is -0.480 e. The number of nitrogens with one attached hydrogen (secondary N) is 1. The minimum absolute atomic E-state index is 0.128. The zero-order valence-electron chi connectivity index (χ0n) is 12.5. The summed E-state index contributed by atoms with van der Waals surface area (Å²) in [6, 6.07) is 7.23. The van der Waals surface area contributed by atoms with Crippen LogP contribution in [0.15, 0.2) is 24.3 Å². The van der Waals surface area contributed by atoms with Crippen molar-refractivity contribution >= 4 is 17.6 Å². The number of carboxylic acid groups (broad SMARTS) is 1. The second kappa shape index (κ2) is 6.72. The predicted octanol–water partition coefficient (Wildman–Crippen LogP) is 2.30. The molecule has 1 saturated heterocycles. The average Bonchev–Trinajstić information content (AvgIpc) is 2.87. The number of carboxylic acids is 1. The van der Waals surface area contributed by atoms with Crippen LogP contribution < -0.4 is 5.32 Å². The summed E-state index contributed by atoms with van der Waals surface area (Å²) in [6.07, 6.45) is 1.44. The van der Waals surface area contributed by atoms with Gasteiger partial charge in [-0.3, -0.25) is 14.5 Å². The van der Waals surface area contributed by atoms with E-state index in [-0.39, 0.29) is 12.5 Å². The van der Waals surface area contributed by atoms with Crippen molar-refractivity contribution in [3.8, 4) is 0 Å². The number of hydrogen-bond donors (Lipinski definition) is 2. The minimum atomic E-state index is -0.846. The summed E-state index contributed by atoms with van der Waals surface area (Å²) >= 11 is 0. The first kappa shape index (κ1) is 15.5. The lowest BCUT2D eigenvalue weighted by Gasteiger charge is -2.20. The van der Waals surface area contributed by atoms with Crippen molar-refractivity contribution in [3.05, 3.63) is 29.8 Å². The van der Waals surface area contributed by atoms with Gasteiger partial charge in [-0.05, 0) is 43.0 Å². The monoisotopic (exact) mass is 290 g/mol. The number of likely N-dealkylation sites (tertiary alicyclic amines) is 1. The van der Waals surface area contributed by atoms with E-state index in [4.69, 9.17) is 5.11 Å². The van der Waals surface area contributed by atoms with Crippen LogP contribution in [0, 0.1) is 0 Å². The Morgan fingerprint density at radius 3 is 2.57 bits per heavy atom. The van der Waals surface area contributed by atoms with Gasteiger partial charge in [0.15, 0.2) is 0 Å². The molecule has 0 unspecified atom stereocenters. The molecule has 21 heavy (non-hydrogen) atoms. The van der Waals surface area contributed by atoms with Crippen molar-refractivity contribution in [3.63, 3.8) is 0 Å². The van der Waals surface area contributed by atoms with Crippen LogP contribution in [0.3, 0.4) is 0 Å². The van der Waals surface area contributed by atoms with Crippen molar-refractivity contribution in [2.75, 3.05) is 18.4 Å². The van der Waals surface area contributed by atoms with Crippen LogP contribution in [0.4, 0.5) is 5.69 Å². The Morgan fingerprint density at radius 1 is 1.33 bits per heavy atom. The molecule has 0 aliphatic carbocycles. The van der Waals surface area contributed by atoms with Gasteiger partial charge in [-0.15, -0.1) is 0 Å². The molecule has 0 radical (unpaired) electrons. The smallest absolute Gasteiger partial charge is 0.320 e. The van der Waals surface area contributed by atoms with Crippen molar-refractivity contribution < 1.29 is 14.7 Å². The molecule has 2 N–H and O–H groups in total. The van der Waals surface area contributed by atoms with E-state index in [0.29, 0.717) is 18.9 Å². The van der Waals surface area contributed by atoms with E-state index in [1.54, 1.807) is 4.90 Å². The van der Waals surface area contributed by atoms with Crippen LogP contribution in [0.1, 0.15) is 38.2 Å². The molecule has 0 bridgehead atoms. The van der Waals surface area contributed by atoms with Crippen molar-refractivity contribution in [1.82, 2.24) is 4.90 Å². The van der Waals surface area contributed by atoms with Gasteiger partial charge >= 0.3 is 5.97 Å². The molecule has 1 aliphatic heterocycles. The number of hydrogen-bond acceptors (Lipinski definition) is 3. The number of amides is 1. The maximum atomic E-state index is 12.0. The standard InChI is InChI=1S/C16H22N2O3/c1-11(2)12-5-7-13(8-6-12)17-15(19)10-18-9-3-4-14(18)16(20)21/h5-8,11,14H,3-4,9-10H2,1-2H3,(H,17,19)(H,20,21)/t14-/m0/s1. The number of carbonyl (C=O) groups is 2. The van der Waals surface area contributed by atoms with Crippen molar-refractivity contribution in [2.45, 2.75) is 38.6 Å². The highest BCUT2D eigenvalue weighted by Gasteiger charge is 2.31. The summed E-state index contributed by atoms with van der Waals surface area (Å²) < 4.78 is 0. The molecule has 1 amide bonds. The summed E-state index contributed by atoms with van der Waals surface area (Å²) in [5.74, 6) is -0.558. The van der Waals surface area contributed by atoms with Gasteiger partial charge in [-0.2, -0.15) is 0 Å². The zero-order valence-corrected chi connectivity index (χ0v) is 12.5. The highest BCUT2D eigenvalue weighted by molar-refractivity contribution is 5.92. The molecule has 5 heteroatoms. The molecule has 1 heterocycles. The van der Waals surface area contributed by atoms with Crippen molar-refractivity contribution in [2.24, 2.45) is 0 Å². The number of carbonyl (C=O) groups excluding carboxylic acids is 1. The number of benzene rings is 1. The maximum absolute atomic E-state index is 12.0. The fourth-order valence-electron chi connectivity index (χ4n) is 2.63. The third kappa shape index (κ3) is 4.04. The molecule has 2 rings (SSSR count). The molecule has 0 saturated carbocycles. The summed E-state index contributed by atoms with van der Waals surface area (Å²) in [6.45, 7) is 5.03. The first-order valence-electron chi connectivity index (χ1n) is 7.34. The Bertz CT molecular complexity index is 511. The van der Waals surface area contributed by atoms with E-state index in [1.807, 2.05) is 24.3 Å². The molecule has 5 nitrogen and oxygen atoms in total. The van der Waals surface area contributed by atoms with E-state index in [0.717, 1.165) is 12.1 Å². The Balaban J connectivity index is 1.91. The quantitative estimate of drug-likeness (QED) is 0.873. The number of rotatable bonds is 5. The molecule has 1 aromatic carbocycles. The molecule has 0 spiro atoms. The van der Waals surface area contributed by atoms with E-state index in [9.17, 15) is 9.59 Å². The Morgan fingerprint density at radius 2 is 2.00 bits per heavy atom. The lowest BCUT2D eigenvalue weighted by Crippen LogP contribution is -2.40. The van der Waals surface area contributed by atoms with E-state index in [2.05, 4.69) is 19.2 Å². The van der Waals surface area contributed by atoms with E-state index >= 15 is 0 Å². The van der Waals surface area contributed by atoms with Gasteiger partial charge in [-0.1, -0.05) is 26.0 Å². The third-order valence-corrected chi connectivity index (χ3v) is 3.86. The first-order valence-corrected chi connectivity index (χ1v) is 7.34. The van der Waals surface area contributed by atoms with E-state index < -0.39 is 12.0 Å². The van der Waals surface area contributed by atoms with E-state index in [1.165, 1.54) is 5.56 Å².